The Hall–Kier alpha value is -2.61. The average Bonchev–Trinajstić information content (AvgIpc) is 3.05. The molecule has 0 saturated carbocycles. The van der Waals surface area contributed by atoms with Gasteiger partial charge in [0, 0.05) is 0 Å². The molecule has 0 fully saturated rings. The standard InChI is InChI=1S/C19H22N4O3S/c1-5-26-17(25)9-20-16(24)10-27-19-22-21-18-13(4)7-14-6-11(2)12(3)8-15(14)23(18)19/h6-8H,5,9-10H2,1-4H3,(H,20,24). The van der Waals surface area contributed by atoms with Gasteiger partial charge in [0.25, 0.3) is 0 Å². The first-order valence-electron chi connectivity index (χ1n) is 8.71. The van der Waals surface area contributed by atoms with Gasteiger partial charge in [0.2, 0.25) is 5.91 Å². The summed E-state index contributed by atoms with van der Waals surface area (Å²) in [4.78, 5) is 23.3. The summed E-state index contributed by atoms with van der Waals surface area (Å²) in [6, 6.07) is 6.37. The number of benzene rings is 1. The number of nitrogens with one attached hydrogen (secondary N) is 1. The number of fused-ring (bicyclic) bond motifs is 3. The highest BCUT2D eigenvalue weighted by atomic mass is 32.2. The van der Waals surface area contributed by atoms with E-state index >= 15 is 0 Å². The molecule has 0 spiro atoms. The molecule has 3 aromatic rings. The Morgan fingerprint density at radius 2 is 1.81 bits per heavy atom. The van der Waals surface area contributed by atoms with Crippen LogP contribution in [0.15, 0.2) is 23.4 Å². The lowest BCUT2D eigenvalue weighted by molar-refractivity contribution is -0.143. The summed E-state index contributed by atoms with van der Waals surface area (Å²) >= 11 is 1.29. The molecule has 7 nitrogen and oxygen atoms in total. The number of thioether (sulfide) groups is 1. The number of pyridine rings is 1. The van der Waals surface area contributed by atoms with Crippen molar-refractivity contribution in [1.82, 2.24) is 19.9 Å². The monoisotopic (exact) mass is 386 g/mol. The molecule has 1 amide bonds. The van der Waals surface area contributed by atoms with E-state index in [1.165, 1.54) is 22.9 Å². The van der Waals surface area contributed by atoms with Crippen molar-refractivity contribution in [3.8, 4) is 0 Å². The Balaban J connectivity index is 1.84. The summed E-state index contributed by atoms with van der Waals surface area (Å²) in [5, 5.41) is 12.8. The Labute approximate surface area is 161 Å². The van der Waals surface area contributed by atoms with Gasteiger partial charge in [0.1, 0.15) is 6.54 Å². The lowest BCUT2D eigenvalue weighted by atomic mass is 10.0. The van der Waals surface area contributed by atoms with Crippen molar-refractivity contribution < 1.29 is 14.3 Å². The number of esters is 1. The summed E-state index contributed by atoms with van der Waals surface area (Å²) in [7, 11) is 0. The van der Waals surface area contributed by atoms with E-state index < -0.39 is 5.97 Å². The molecule has 27 heavy (non-hydrogen) atoms. The summed E-state index contributed by atoms with van der Waals surface area (Å²) in [5.74, 6) is -0.564. The maximum Gasteiger partial charge on any atom is 0.325 e. The summed E-state index contributed by atoms with van der Waals surface area (Å²) < 4.78 is 6.78. The topological polar surface area (TPSA) is 85.6 Å². The number of ether oxygens (including phenoxy) is 1. The fourth-order valence-corrected chi connectivity index (χ4v) is 3.60. The third-order valence-electron chi connectivity index (χ3n) is 4.31. The molecule has 1 N–H and O–H groups in total. The van der Waals surface area contributed by atoms with Crippen molar-refractivity contribution in [1.29, 1.82) is 0 Å². The van der Waals surface area contributed by atoms with Crippen LogP contribution in [-0.4, -0.2) is 45.4 Å². The molecule has 0 radical (unpaired) electrons. The van der Waals surface area contributed by atoms with Crippen molar-refractivity contribution in [3.63, 3.8) is 0 Å². The number of hydrogen-bond donors (Lipinski definition) is 1. The van der Waals surface area contributed by atoms with Gasteiger partial charge < -0.3 is 10.1 Å². The Kier molecular flexibility index (Phi) is 5.65. The van der Waals surface area contributed by atoms with Crippen LogP contribution in [0.2, 0.25) is 0 Å². The predicted octanol–water partition coefficient (Wildman–Crippen LogP) is 2.58. The highest BCUT2D eigenvalue weighted by Gasteiger charge is 2.15. The number of aryl methyl sites for hydroxylation is 3. The van der Waals surface area contributed by atoms with E-state index in [4.69, 9.17) is 4.74 Å². The van der Waals surface area contributed by atoms with Gasteiger partial charge in [-0.1, -0.05) is 11.8 Å². The quantitative estimate of drug-likeness (QED) is 0.518. The van der Waals surface area contributed by atoms with Gasteiger partial charge in [0.05, 0.1) is 17.9 Å². The summed E-state index contributed by atoms with van der Waals surface area (Å²) in [6.07, 6.45) is 0. The molecular formula is C19H22N4O3S. The predicted molar refractivity (Wildman–Crippen MR) is 105 cm³/mol. The van der Waals surface area contributed by atoms with E-state index in [1.807, 2.05) is 11.3 Å². The van der Waals surface area contributed by atoms with E-state index in [0.717, 1.165) is 22.1 Å². The second kappa shape index (κ2) is 7.96. The van der Waals surface area contributed by atoms with Crippen LogP contribution in [-0.2, 0) is 14.3 Å². The first-order valence-corrected chi connectivity index (χ1v) is 9.70. The third kappa shape index (κ3) is 4.05. The Bertz CT molecular complexity index is 1030. The zero-order valence-electron chi connectivity index (χ0n) is 15.8. The van der Waals surface area contributed by atoms with Crippen LogP contribution in [0.25, 0.3) is 16.6 Å². The number of amides is 1. The largest absolute Gasteiger partial charge is 0.465 e. The molecule has 0 aliphatic heterocycles. The van der Waals surface area contributed by atoms with Crippen LogP contribution in [0, 0.1) is 20.8 Å². The fourth-order valence-electron chi connectivity index (χ4n) is 2.83. The molecule has 8 heteroatoms. The van der Waals surface area contributed by atoms with E-state index in [1.54, 1.807) is 6.92 Å². The number of rotatable bonds is 6. The van der Waals surface area contributed by atoms with Gasteiger partial charge in [-0.15, -0.1) is 10.2 Å². The minimum absolute atomic E-state index is 0.131. The molecule has 0 atom stereocenters. The normalized spacial score (nSPS) is 11.1. The summed E-state index contributed by atoms with van der Waals surface area (Å²) in [6.45, 7) is 8.04. The van der Waals surface area contributed by atoms with Crippen molar-refractivity contribution in [2.24, 2.45) is 0 Å². The van der Waals surface area contributed by atoms with Crippen LogP contribution in [0.4, 0.5) is 0 Å². The Morgan fingerprint density at radius 1 is 1.11 bits per heavy atom. The molecule has 3 rings (SSSR count). The van der Waals surface area contributed by atoms with Gasteiger partial charge in [0.15, 0.2) is 10.8 Å². The lowest BCUT2D eigenvalue weighted by Crippen LogP contribution is -2.31. The average molecular weight is 386 g/mol. The summed E-state index contributed by atoms with van der Waals surface area (Å²) in [5.41, 5.74) is 5.22. The van der Waals surface area contributed by atoms with E-state index in [0.29, 0.717) is 11.8 Å². The zero-order chi connectivity index (χ0) is 19.6. The Morgan fingerprint density at radius 3 is 2.56 bits per heavy atom. The minimum Gasteiger partial charge on any atom is -0.465 e. The zero-order valence-corrected chi connectivity index (χ0v) is 16.6. The second-order valence-corrected chi connectivity index (χ2v) is 7.28. The molecule has 2 heterocycles. The first-order chi connectivity index (χ1) is 12.9. The third-order valence-corrected chi connectivity index (χ3v) is 5.24. The SMILES string of the molecule is CCOC(=O)CNC(=O)CSc1nnc2c(C)cc3cc(C)c(C)cc3n12. The van der Waals surface area contributed by atoms with Gasteiger partial charge in [-0.2, -0.15) is 0 Å². The number of carbonyl (C=O) groups excluding carboxylic acids is 2. The molecule has 142 valence electrons. The fraction of sp³-hybridized carbons (Fsp3) is 0.368. The van der Waals surface area contributed by atoms with E-state index in [2.05, 4.69) is 47.6 Å². The maximum atomic E-state index is 12.0. The highest BCUT2D eigenvalue weighted by Crippen LogP contribution is 2.27. The van der Waals surface area contributed by atoms with Gasteiger partial charge in [-0.3, -0.25) is 14.0 Å². The smallest absolute Gasteiger partial charge is 0.325 e. The van der Waals surface area contributed by atoms with Crippen LogP contribution in [0.1, 0.15) is 23.6 Å². The van der Waals surface area contributed by atoms with E-state index in [-0.39, 0.29) is 18.2 Å². The van der Waals surface area contributed by atoms with Crippen molar-refractivity contribution in [2.45, 2.75) is 32.9 Å². The van der Waals surface area contributed by atoms with Crippen molar-refractivity contribution in [2.75, 3.05) is 18.9 Å². The second-order valence-electron chi connectivity index (χ2n) is 6.33. The van der Waals surface area contributed by atoms with Crippen LogP contribution < -0.4 is 5.32 Å². The number of aromatic nitrogens is 3. The van der Waals surface area contributed by atoms with Crippen LogP contribution >= 0.6 is 11.8 Å². The van der Waals surface area contributed by atoms with Gasteiger partial charge in [-0.25, -0.2) is 0 Å². The molecule has 0 aliphatic carbocycles. The number of hydrogen-bond acceptors (Lipinski definition) is 6. The van der Waals surface area contributed by atoms with Crippen LogP contribution in [0.5, 0.6) is 0 Å². The lowest BCUT2D eigenvalue weighted by Gasteiger charge is -2.10. The molecule has 1 aromatic carbocycles. The molecule has 0 saturated heterocycles. The molecular weight excluding hydrogens is 364 g/mol. The first kappa shape index (κ1) is 19.2. The highest BCUT2D eigenvalue weighted by molar-refractivity contribution is 7.99. The van der Waals surface area contributed by atoms with Gasteiger partial charge >= 0.3 is 5.97 Å². The van der Waals surface area contributed by atoms with Crippen molar-refractivity contribution >= 4 is 40.2 Å². The number of carbonyl (C=O) groups is 2. The van der Waals surface area contributed by atoms with Gasteiger partial charge in [-0.05, 0) is 68.0 Å². The van der Waals surface area contributed by atoms with Crippen molar-refractivity contribution in [3.05, 3.63) is 34.9 Å². The minimum atomic E-state index is -0.448. The molecule has 0 unspecified atom stereocenters. The molecule has 0 bridgehead atoms. The molecule has 0 aliphatic rings. The van der Waals surface area contributed by atoms with Crippen LogP contribution in [0.3, 0.4) is 0 Å². The number of nitrogens with zero attached hydrogens (tertiary/aromatic N) is 3. The molecule has 2 aromatic heterocycles. The van der Waals surface area contributed by atoms with E-state index in [9.17, 15) is 9.59 Å². The maximum absolute atomic E-state index is 12.0.